The minimum absolute atomic E-state index is 0.173. The molecule has 0 saturated carbocycles. The van der Waals surface area contributed by atoms with E-state index in [4.69, 9.17) is 0 Å². The van der Waals surface area contributed by atoms with Crippen LogP contribution in [0.2, 0.25) is 0 Å². The van der Waals surface area contributed by atoms with Gasteiger partial charge in [-0.15, -0.1) is 11.3 Å². The summed E-state index contributed by atoms with van der Waals surface area (Å²) in [6, 6.07) is 9.35. The van der Waals surface area contributed by atoms with Crippen LogP contribution in [0.5, 0.6) is 0 Å². The number of hydrogen-bond donors (Lipinski definition) is 1. The van der Waals surface area contributed by atoms with Crippen LogP contribution in [0.3, 0.4) is 0 Å². The Morgan fingerprint density at radius 3 is 2.71 bits per heavy atom. The topological polar surface area (TPSA) is 49.4 Å². The summed E-state index contributed by atoms with van der Waals surface area (Å²) in [6.07, 6.45) is 0. The van der Waals surface area contributed by atoms with E-state index in [2.05, 4.69) is 5.32 Å². The maximum Gasteiger partial charge on any atom is 0.261 e. The zero-order valence-electron chi connectivity index (χ0n) is 11.5. The second-order valence-electron chi connectivity index (χ2n) is 4.38. The fourth-order valence-corrected chi connectivity index (χ4v) is 2.53. The van der Waals surface area contributed by atoms with Crippen LogP contribution in [0.1, 0.15) is 16.6 Å². The Morgan fingerprint density at radius 2 is 2.10 bits per heavy atom. The van der Waals surface area contributed by atoms with Gasteiger partial charge in [0, 0.05) is 25.7 Å². The zero-order valence-corrected chi connectivity index (χ0v) is 12.3. The van der Waals surface area contributed by atoms with E-state index in [0.29, 0.717) is 17.1 Å². The summed E-state index contributed by atoms with van der Waals surface area (Å²) in [5.74, 6) is -0.778. The molecule has 0 saturated heterocycles. The lowest BCUT2D eigenvalue weighted by Gasteiger charge is -2.21. The van der Waals surface area contributed by atoms with E-state index >= 15 is 0 Å². The number of rotatable bonds is 5. The van der Waals surface area contributed by atoms with Crippen molar-refractivity contribution in [2.24, 2.45) is 0 Å². The van der Waals surface area contributed by atoms with Gasteiger partial charge in [0.2, 0.25) is 5.91 Å². The first-order chi connectivity index (χ1) is 10.1. The van der Waals surface area contributed by atoms with Gasteiger partial charge in [-0.3, -0.25) is 9.59 Å². The number of carbonyl (C=O) groups excluding carboxylic acids is 2. The Balaban J connectivity index is 1.95. The first-order valence-electron chi connectivity index (χ1n) is 6.43. The van der Waals surface area contributed by atoms with Gasteiger partial charge in [0.25, 0.3) is 5.91 Å². The molecule has 2 aromatic rings. The van der Waals surface area contributed by atoms with Gasteiger partial charge in [-0.1, -0.05) is 12.1 Å². The van der Waals surface area contributed by atoms with Crippen molar-refractivity contribution < 1.29 is 14.0 Å². The smallest absolute Gasteiger partial charge is 0.261 e. The van der Waals surface area contributed by atoms with E-state index in [-0.39, 0.29) is 18.4 Å². The summed E-state index contributed by atoms with van der Waals surface area (Å²) in [7, 11) is 0. The number of nitrogens with one attached hydrogen (secondary N) is 1. The van der Waals surface area contributed by atoms with Gasteiger partial charge in [0.15, 0.2) is 0 Å². The van der Waals surface area contributed by atoms with Gasteiger partial charge in [0.05, 0.1) is 4.88 Å². The van der Waals surface area contributed by atoms with Crippen LogP contribution in [0.4, 0.5) is 10.1 Å². The van der Waals surface area contributed by atoms with E-state index in [9.17, 15) is 14.0 Å². The van der Waals surface area contributed by atoms with Crippen LogP contribution in [-0.4, -0.2) is 24.9 Å². The molecule has 1 aromatic heterocycles. The largest absolute Gasteiger partial charge is 0.350 e. The van der Waals surface area contributed by atoms with E-state index in [1.807, 2.05) is 5.38 Å². The van der Waals surface area contributed by atoms with Crippen LogP contribution < -0.4 is 10.2 Å². The first kappa shape index (κ1) is 15.2. The second kappa shape index (κ2) is 6.99. The zero-order chi connectivity index (χ0) is 15.2. The third kappa shape index (κ3) is 4.13. The normalized spacial score (nSPS) is 10.2. The van der Waals surface area contributed by atoms with Crippen molar-refractivity contribution in [1.82, 2.24) is 5.32 Å². The van der Waals surface area contributed by atoms with E-state index in [1.165, 1.54) is 35.3 Å². The standard InChI is InChI=1S/C15H15FN2O2S/c1-11(19)18(13-5-2-4-12(16)10-13)8-7-17-15(20)14-6-3-9-21-14/h2-6,9-10H,7-8H2,1H3,(H,17,20). The number of carbonyl (C=O) groups is 2. The number of nitrogens with zero attached hydrogens (tertiary/aromatic N) is 1. The third-order valence-corrected chi connectivity index (χ3v) is 3.73. The molecule has 0 unspecified atom stereocenters. The van der Waals surface area contributed by atoms with Gasteiger partial charge in [-0.2, -0.15) is 0 Å². The molecule has 1 aromatic carbocycles. The van der Waals surface area contributed by atoms with Gasteiger partial charge >= 0.3 is 0 Å². The summed E-state index contributed by atoms with van der Waals surface area (Å²) in [5, 5.41) is 4.56. The molecule has 2 amide bonds. The number of amides is 2. The molecular weight excluding hydrogens is 291 g/mol. The van der Waals surface area contributed by atoms with Crippen LogP contribution in [0, 0.1) is 5.82 Å². The number of hydrogen-bond acceptors (Lipinski definition) is 3. The van der Waals surface area contributed by atoms with Crippen LogP contribution in [0.25, 0.3) is 0 Å². The minimum Gasteiger partial charge on any atom is -0.350 e. The Morgan fingerprint density at radius 1 is 1.29 bits per heavy atom. The molecule has 0 radical (unpaired) electrons. The van der Waals surface area contributed by atoms with Crippen molar-refractivity contribution >= 4 is 28.8 Å². The number of thiophene rings is 1. The number of anilines is 1. The molecule has 0 bridgehead atoms. The minimum atomic E-state index is -0.402. The molecule has 0 aliphatic carbocycles. The molecule has 0 aliphatic rings. The first-order valence-corrected chi connectivity index (χ1v) is 7.31. The molecule has 6 heteroatoms. The highest BCUT2D eigenvalue weighted by molar-refractivity contribution is 7.12. The average molecular weight is 306 g/mol. The Bertz CT molecular complexity index is 628. The summed E-state index contributed by atoms with van der Waals surface area (Å²) < 4.78 is 13.2. The van der Waals surface area contributed by atoms with Crippen LogP contribution in [0.15, 0.2) is 41.8 Å². The maximum absolute atomic E-state index is 13.2. The molecule has 0 spiro atoms. The van der Waals surface area contributed by atoms with Gasteiger partial charge in [0.1, 0.15) is 5.82 Å². The molecule has 2 rings (SSSR count). The lowest BCUT2D eigenvalue weighted by atomic mass is 10.2. The average Bonchev–Trinajstić information content (AvgIpc) is 2.97. The van der Waals surface area contributed by atoms with Crippen molar-refractivity contribution in [2.75, 3.05) is 18.0 Å². The molecule has 21 heavy (non-hydrogen) atoms. The Hall–Kier alpha value is -2.21. The number of halogens is 1. The molecule has 1 heterocycles. The van der Waals surface area contributed by atoms with Crippen molar-refractivity contribution in [1.29, 1.82) is 0 Å². The van der Waals surface area contributed by atoms with Gasteiger partial charge in [-0.05, 0) is 29.6 Å². The summed E-state index contributed by atoms with van der Waals surface area (Å²) in [4.78, 5) is 25.5. The van der Waals surface area contributed by atoms with Crippen LogP contribution in [-0.2, 0) is 4.79 Å². The molecule has 1 N–H and O–H groups in total. The molecule has 0 fully saturated rings. The predicted molar refractivity (Wildman–Crippen MR) is 81.1 cm³/mol. The molecule has 0 aliphatic heterocycles. The predicted octanol–water partition coefficient (Wildman–Crippen LogP) is 2.67. The Labute approximate surface area is 126 Å². The molecule has 110 valence electrons. The van der Waals surface area contributed by atoms with Gasteiger partial charge in [-0.25, -0.2) is 4.39 Å². The highest BCUT2D eigenvalue weighted by Crippen LogP contribution is 2.15. The van der Waals surface area contributed by atoms with E-state index in [1.54, 1.807) is 24.3 Å². The molecule has 0 atom stereocenters. The quantitative estimate of drug-likeness (QED) is 0.923. The lowest BCUT2D eigenvalue weighted by molar-refractivity contribution is -0.116. The highest BCUT2D eigenvalue weighted by Gasteiger charge is 2.13. The fourth-order valence-electron chi connectivity index (χ4n) is 1.89. The van der Waals surface area contributed by atoms with Crippen molar-refractivity contribution in [3.63, 3.8) is 0 Å². The fraction of sp³-hybridized carbons (Fsp3) is 0.200. The lowest BCUT2D eigenvalue weighted by Crippen LogP contribution is -2.37. The molecule has 4 nitrogen and oxygen atoms in total. The third-order valence-electron chi connectivity index (χ3n) is 2.87. The van der Waals surface area contributed by atoms with Crippen molar-refractivity contribution in [3.05, 3.63) is 52.5 Å². The van der Waals surface area contributed by atoms with Crippen LogP contribution >= 0.6 is 11.3 Å². The van der Waals surface area contributed by atoms with Gasteiger partial charge < -0.3 is 10.2 Å². The summed E-state index contributed by atoms with van der Waals surface area (Å²) in [6.45, 7) is 1.99. The number of benzene rings is 1. The second-order valence-corrected chi connectivity index (χ2v) is 5.33. The van der Waals surface area contributed by atoms with Crippen molar-refractivity contribution in [3.8, 4) is 0 Å². The SMILES string of the molecule is CC(=O)N(CCNC(=O)c1cccs1)c1cccc(F)c1. The molecular formula is C15H15FN2O2S. The Kier molecular flexibility index (Phi) is 5.05. The maximum atomic E-state index is 13.2. The summed E-state index contributed by atoms with van der Waals surface area (Å²) >= 11 is 1.35. The van der Waals surface area contributed by atoms with Crippen molar-refractivity contribution in [2.45, 2.75) is 6.92 Å². The summed E-state index contributed by atoms with van der Waals surface area (Å²) in [5.41, 5.74) is 0.480. The monoisotopic (exact) mass is 306 g/mol. The van der Waals surface area contributed by atoms with E-state index < -0.39 is 5.82 Å². The highest BCUT2D eigenvalue weighted by atomic mass is 32.1. The van der Waals surface area contributed by atoms with E-state index in [0.717, 1.165) is 0 Å².